The average Bonchev–Trinajstić information content (AvgIpc) is 3.08. The highest BCUT2D eigenvalue weighted by Gasteiger charge is 2.05. The van der Waals surface area contributed by atoms with E-state index < -0.39 is 12.6 Å². The Morgan fingerprint density at radius 2 is 1.02 bits per heavy atom. The van der Waals surface area contributed by atoms with Crippen molar-refractivity contribution < 1.29 is 29.0 Å². The monoisotopic (exact) mass is 667 g/mol. The molecule has 0 bridgehead atoms. The molecule has 48 heavy (non-hydrogen) atoms. The second-order valence-corrected chi connectivity index (χ2v) is 12.6. The summed E-state index contributed by atoms with van der Waals surface area (Å²) in [6.45, 7) is 3.10. The number of ether oxygens (including phenoxy) is 2. The summed E-state index contributed by atoms with van der Waals surface area (Å²) in [4.78, 5) is 35.0. The number of benzene rings is 2. The number of carbonyl (C=O) groups is 3. The zero-order chi connectivity index (χ0) is 34.5. The fourth-order valence-electron chi connectivity index (χ4n) is 5.44. The molecule has 0 unspecified atom stereocenters. The molecule has 0 saturated heterocycles. The molecule has 0 atom stereocenters. The number of carboxylic acids is 1. The Morgan fingerprint density at radius 1 is 0.562 bits per heavy atom. The van der Waals surface area contributed by atoms with Crippen molar-refractivity contribution in [3.05, 3.63) is 48.5 Å². The van der Waals surface area contributed by atoms with Crippen LogP contribution >= 0.6 is 0 Å². The van der Waals surface area contributed by atoms with Crippen molar-refractivity contribution in [2.75, 3.05) is 30.4 Å². The molecule has 9 heteroatoms. The highest BCUT2D eigenvalue weighted by Crippen LogP contribution is 2.18. The van der Waals surface area contributed by atoms with Crippen LogP contribution in [0, 0.1) is 0 Å². The van der Waals surface area contributed by atoms with Gasteiger partial charge in [0.2, 0.25) is 5.91 Å². The molecule has 0 radical (unpaired) electrons. The van der Waals surface area contributed by atoms with Gasteiger partial charge in [0, 0.05) is 24.3 Å². The zero-order valence-corrected chi connectivity index (χ0v) is 29.4. The Kier molecular flexibility index (Phi) is 22.9. The number of hydrogen-bond acceptors (Lipinski definition) is 5. The van der Waals surface area contributed by atoms with Crippen LogP contribution < -0.4 is 25.4 Å². The summed E-state index contributed by atoms with van der Waals surface area (Å²) in [5.41, 5.74) is 1.36. The number of amides is 3. The lowest BCUT2D eigenvalue weighted by molar-refractivity contribution is -0.139. The molecule has 2 aromatic rings. The summed E-state index contributed by atoms with van der Waals surface area (Å²) in [6, 6.07) is 13.8. The van der Waals surface area contributed by atoms with E-state index in [4.69, 9.17) is 14.6 Å². The standard InChI is InChI=1S/C39H61N3O6/c1-2-3-4-5-6-7-8-9-10-11-12-13-14-15-16-19-30-40-39(46)42-34-24-26-35(27-25-34)47-31-20-17-18-21-37(43)41-33-22-28-36(29-23-33)48-32-38(44)45/h22-29H,2-21,30-32H2,1H3,(H,41,43)(H,44,45)(H2,40,42,46). The molecule has 0 fully saturated rings. The zero-order valence-electron chi connectivity index (χ0n) is 29.4. The van der Waals surface area contributed by atoms with Crippen molar-refractivity contribution in [1.29, 1.82) is 0 Å². The van der Waals surface area contributed by atoms with Gasteiger partial charge >= 0.3 is 12.0 Å². The quantitative estimate of drug-likeness (QED) is 0.0640. The number of carbonyl (C=O) groups excluding carboxylic acids is 2. The number of urea groups is 1. The fraction of sp³-hybridized carbons (Fsp3) is 0.615. The van der Waals surface area contributed by atoms with Crippen LogP contribution in [0.3, 0.4) is 0 Å². The van der Waals surface area contributed by atoms with Crippen molar-refractivity contribution >= 4 is 29.3 Å². The SMILES string of the molecule is CCCCCCCCCCCCCCCCCCNC(=O)Nc1ccc(OCCCCCC(=O)Nc2ccc(OCC(=O)O)cc2)cc1. The number of rotatable bonds is 29. The Bertz CT molecular complexity index is 1120. The Balaban J connectivity index is 1.39. The normalized spacial score (nSPS) is 10.8. The second kappa shape index (κ2) is 27.2. The van der Waals surface area contributed by atoms with E-state index in [0.29, 0.717) is 31.0 Å². The molecule has 2 rings (SSSR count). The first-order valence-electron chi connectivity index (χ1n) is 18.5. The van der Waals surface area contributed by atoms with Crippen molar-refractivity contribution in [1.82, 2.24) is 5.32 Å². The van der Waals surface area contributed by atoms with Crippen molar-refractivity contribution in [2.45, 2.75) is 135 Å². The third kappa shape index (κ3) is 21.9. The highest BCUT2D eigenvalue weighted by atomic mass is 16.5. The van der Waals surface area contributed by atoms with Crippen molar-refractivity contribution in [3.63, 3.8) is 0 Å². The molecule has 0 heterocycles. The molecule has 9 nitrogen and oxygen atoms in total. The van der Waals surface area contributed by atoms with E-state index in [-0.39, 0.29) is 11.9 Å². The first-order chi connectivity index (χ1) is 23.5. The molecule has 0 saturated carbocycles. The minimum atomic E-state index is -1.04. The molecule has 0 aliphatic heterocycles. The molecular weight excluding hydrogens is 606 g/mol. The van der Waals surface area contributed by atoms with Crippen LogP contribution in [-0.2, 0) is 9.59 Å². The number of aliphatic carboxylic acids is 1. The maximum absolute atomic E-state index is 12.2. The summed E-state index contributed by atoms with van der Waals surface area (Å²) in [6.07, 6.45) is 24.2. The van der Waals surface area contributed by atoms with Crippen LogP contribution in [0.2, 0.25) is 0 Å². The lowest BCUT2D eigenvalue weighted by atomic mass is 10.0. The smallest absolute Gasteiger partial charge is 0.341 e. The van der Waals surface area contributed by atoms with Crippen LogP contribution in [0.15, 0.2) is 48.5 Å². The average molecular weight is 668 g/mol. The summed E-state index contributed by atoms with van der Waals surface area (Å²) in [5, 5.41) is 17.3. The van der Waals surface area contributed by atoms with Gasteiger partial charge in [0.25, 0.3) is 0 Å². The minimum Gasteiger partial charge on any atom is -0.494 e. The van der Waals surface area contributed by atoms with Gasteiger partial charge in [-0.25, -0.2) is 9.59 Å². The molecule has 3 amide bonds. The van der Waals surface area contributed by atoms with Crippen LogP contribution in [0.25, 0.3) is 0 Å². The van der Waals surface area contributed by atoms with Gasteiger partial charge in [0.05, 0.1) is 6.61 Å². The van der Waals surface area contributed by atoms with Crippen LogP contribution in [-0.4, -0.2) is 42.8 Å². The topological polar surface area (TPSA) is 126 Å². The number of nitrogens with one attached hydrogen (secondary N) is 3. The van der Waals surface area contributed by atoms with E-state index in [2.05, 4.69) is 22.9 Å². The predicted octanol–water partition coefficient (Wildman–Crippen LogP) is 10.1. The highest BCUT2D eigenvalue weighted by molar-refractivity contribution is 5.90. The fourth-order valence-corrected chi connectivity index (χ4v) is 5.44. The van der Waals surface area contributed by atoms with Gasteiger partial charge in [0.15, 0.2) is 6.61 Å². The number of carboxylic acid groups (broad SMARTS) is 1. The van der Waals surface area contributed by atoms with Crippen LogP contribution in [0.4, 0.5) is 16.2 Å². The molecule has 0 aliphatic rings. The van der Waals surface area contributed by atoms with E-state index in [9.17, 15) is 14.4 Å². The summed E-state index contributed by atoms with van der Waals surface area (Å²) in [7, 11) is 0. The lowest BCUT2D eigenvalue weighted by Gasteiger charge is -2.10. The van der Waals surface area contributed by atoms with Crippen LogP contribution in [0.5, 0.6) is 11.5 Å². The molecule has 2 aromatic carbocycles. The van der Waals surface area contributed by atoms with Gasteiger partial charge in [0.1, 0.15) is 11.5 Å². The predicted molar refractivity (Wildman–Crippen MR) is 195 cm³/mol. The molecule has 0 aromatic heterocycles. The van der Waals surface area contributed by atoms with E-state index >= 15 is 0 Å². The molecule has 268 valence electrons. The molecular formula is C39H61N3O6. The summed E-state index contributed by atoms with van der Waals surface area (Å²) < 4.78 is 10.9. The van der Waals surface area contributed by atoms with Crippen LogP contribution in [0.1, 0.15) is 135 Å². The summed E-state index contributed by atoms with van der Waals surface area (Å²) >= 11 is 0. The van der Waals surface area contributed by atoms with Gasteiger partial charge in [-0.2, -0.15) is 0 Å². The Hall–Kier alpha value is -3.75. The third-order valence-electron chi connectivity index (χ3n) is 8.25. The Labute approximate surface area is 288 Å². The van der Waals surface area contributed by atoms with E-state index in [0.717, 1.165) is 43.5 Å². The van der Waals surface area contributed by atoms with Gasteiger partial charge < -0.3 is 30.5 Å². The maximum atomic E-state index is 12.2. The number of unbranched alkanes of at least 4 members (excludes halogenated alkanes) is 17. The molecule has 0 aliphatic carbocycles. The van der Waals surface area contributed by atoms with E-state index in [1.54, 1.807) is 24.3 Å². The van der Waals surface area contributed by atoms with Gasteiger partial charge in [-0.15, -0.1) is 0 Å². The van der Waals surface area contributed by atoms with Gasteiger partial charge in [-0.1, -0.05) is 103 Å². The number of hydrogen-bond donors (Lipinski definition) is 4. The summed E-state index contributed by atoms with van der Waals surface area (Å²) in [5.74, 6) is 0.0531. The van der Waals surface area contributed by atoms with E-state index in [1.165, 1.54) is 89.9 Å². The van der Waals surface area contributed by atoms with Gasteiger partial charge in [-0.3, -0.25) is 4.79 Å². The maximum Gasteiger partial charge on any atom is 0.341 e. The first-order valence-corrected chi connectivity index (χ1v) is 18.5. The third-order valence-corrected chi connectivity index (χ3v) is 8.25. The van der Waals surface area contributed by atoms with Crippen molar-refractivity contribution in [2.24, 2.45) is 0 Å². The van der Waals surface area contributed by atoms with Crippen molar-refractivity contribution in [3.8, 4) is 11.5 Å². The lowest BCUT2D eigenvalue weighted by Crippen LogP contribution is -2.29. The number of anilines is 2. The largest absolute Gasteiger partial charge is 0.494 e. The van der Waals surface area contributed by atoms with Gasteiger partial charge in [-0.05, 0) is 74.2 Å². The minimum absolute atomic E-state index is 0.0766. The second-order valence-electron chi connectivity index (χ2n) is 12.6. The van der Waals surface area contributed by atoms with E-state index in [1.807, 2.05) is 24.3 Å². The molecule has 0 spiro atoms. The first kappa shape index (κ1) is 40.4. The Morgan fingerprint density at radius 3 is 1.54 bits per heavy atom. The molecule has 4 N–H and O–H groups in total.